The maximum Gasteiger partial charge on any atom is 0.328 e. The molecule has 0 bridgehead atoms. The molecule has 2 heterocycles. The number of imide groups is 1. The molecule has 0 aliphatic carbocycles. The van der Waals surface area contributed by atoms with Crippen LogP contribution in [0.15, 0.2) is 30.5 Å². The van der Waals surface area contributed by atoms with Gasteiger partial charge in [0.2, 0.25) is 5.91 Å². The summed E-state index contributed by atoms with van der Waals surface area (Å²) in [4.78, 5) is 28.8. The van der Waals surface area contributed by atoms with Gasteiger partial charge in [-0.05, 0) is 24.3 Å². The minimum absolute atomic E-state index is 0.251. The van der Waals surface area contributed by atoms with E-state index in [1.807, 2.05) is 6.07 Å². The summed E-state index contributed by atoms with van der Waals surface area (Å²) in [6.45, 7) is 0.360. The standard InChI is InChI=1S/C13H12N4O2/c14-9-3-4-10(8-2-1-6-15-12(8)9)17-7-5-11(18)16-13(17)19/h1-4,6H,5,7,14H2,(H,16,18,19). The molecule has 1 saturated heterocycles. The lowest BCUT2D eigenvalue weighted by molar-refractivity contribution is -0.120. The largest absolute Gasteiger partial charge is 0.397 e. The van der Waals surface area contributed by atoms with Crippen LogP contribution in [0.4, 0.5) is 16.2 Å². The Morgan fingerprint density at radius 2 is 2.11 bits per heavy atom. The predicted molar refractivity (Wildman–Crippen MR) is 71.7 cm³/mol. The molecule has 3 rings (SSSR count). The van der Waals surface area contributed by atoms with E-state index in [-0.39, 0.29) is 12.3 Å². The molecule has 0 atom stereocenters. The highest BCUT2D eigenvalue weighted by Crippen LogP contribution is 2.30. The molecule has 0 unspecified atom stereocenters. The molecule has 2 aromatic rings. The zero-order valence-electron chi connectivity index (χ0n) is 10.1. The van der Waals surface area contributed by atoms with E-state index in [0.29, 0.717) is 23.4 Å². The van der Waals surface area contributed by atoms with Crippen LogP contribution in [0.3, 0.4) is 0 Å². The van der Waals surface area contributed by atoms with Gasteiger partial charge in [0, 0.05) is 24.5 Å². The molecule has 3 amide bonds. The summed E-state index contributed by atoms with van der Waals surface area (Å²) in [7, 11) is 0. The Bertz CT molecular complexity index is 683. The molecule has 1 fully saturated rings. The van der Waals surface area contributed by atoms with Gasteiger partial charge in [0.25, 0.3) is 0 Å². The third-order valence-electron chi connectivity index (χ3n) is 3.12. The number of nitrogen functional groups attached to an aromatic ring is 1. The number of rotatable bonds is 1. The van der Waals surface area contributed by atoms with Crippen molar-refractivity contribution in [1.29, 1.82) is 0 Å². The molecule has 1 aliphatic rings. The van der Waals surface area contributed by atoms with Gasteiger partial charge in [-0.25, -0.2) is 4.79 Å². The van der Waals surface area contributed by atoms with Crippen molar-refractivity contribution in [2.24, 2.45) is 0 Å². The summed E-state index contributed by atoms with van der Waals surface area (Å²) < 4.78 is 0. The number of pyridine rings is 1. The maximum absolute atomic E-state index is 11.9. The van der Waals surface area contributed by atoms with Gasteiger partial charge in [0.15, 0.2) is 0 Å². The Morgan fingerprint density at radius 3 is 2.89 bits per heavy atom. The molecule has 6 nitrogen and oxygen atoms in total. The fourth-order valence-corrected chi connectivity index (χ4v) is 2.21. The zero-order chi connectivity index (χ0) is 13.4. The monoisotopic (exact) mass is 256 g/mol. The third-order valence-corrected chi connectivity index (χ3v) is 3.12. The second-order valence-corrected chi connectivity index (χ2v) is 4.33. The van der Waals surface area contributed by atoms with Gasteiger partial charge in [-0.1, -0.05) is 0 Å². The molecule has 3 N–H and O–H groups in total. The second-order valence-electron chi connectivity index (χ2n) is 4.33. The number of aromatic nitrogens is 1. The van der Waals surface area contributed by atoms with Gasteiger partial charge in [0.1, 0.15) is 0 Å². The number of hydrogen-bond donors (Lipinski definition) is 2. The summed E-state index contributed by atoms with van der Waals surface area (Å²) in [5.74, 6) is -0.251. The minimum atomic E-state index is -0.411. The number of fused-ring (bicyclic) bond motifs is 1. The number of nitrogens with one attached hydrogen (secondary N) is 1. The first-order chi connectivity index (χ1) is 9.16. The Balaban J connectivity index is 2.13. The van der Waals surface area contributed by atoms with E-state index in [1.54, 1.807) is 24.4 Å². The number of anilines is 2. The Kier molecular flexibility index (Phi) is 2.56. The first-order valence-corrected chi connectivity index (χ1v) is 5.91. The van der Waals surface area contributed by atoms with E-state index in [2.05, 4.69) is 10.3 Å². The number of urea groups is 1. The maximum atomic E-state index is 11.9. The number of benzene rings is 1. The topological polar surface area (TPSA) is 88.3 Å². The minimum Gasteiger partial charge on any atom is -0.397 e. The van der Waals surface area contributed by atoms with Crippen LogP contribution in [-0.4, -0.2) is 23.5 Å². The molecule has 1 aliphatic heterocycles. The normalized spacial score (nSPS) is 15.7. The van der Waals surface area contributed by atoms with Gasteiger partial charge in [-0.2, -0.15) is 0 Å². The molecule has 1 aromatic carbocycles. The third kappa shape index (κ3) is 1.87. The van der Waals surface area contributed by atoms with Gasteiger partial charge in [-0.15, -0.1) is 0 Å². The molecule has 96 valence electrons. The molecule has 0 spiro atoms. The van der Waals surface area contributed by atoms with Crippen molar-refractivity contribution >= 4 is 34.2 Å². The average molecular weight is 256 g/mol. The van der Waals surface area contributed by atoms with Gasteiger partial charge in [0.05, 0.1) is 16.9 Å². The summed E-state index contributed by atoms with van der Waals surface area (Å²) in [6.07, 6.45) is 1.94. The smallest absolute Gasteiger partial charge is 0.328 e. The summed E-state index contributed by atoms with van der Waals surface area (Å²) in [6, 6.07) is 6.73. The Morgan fingerprint density at radius 1 is 1.26 bits per heavy atom. The first-order valence-electron chi connectivity index (χ1n) is 5.91. The number of carbonyl (C=O) groups excluding carboxylic acids is 2. The van der Waals surface area contributed by atoms with Crippen molar-refractivity contribution in [1.82, 2.24) is 10.3 Å². The Labute approximate surface area is 109 Å². The molecular formula is C13H12N4O2. The van der Waals surface area contributed by atoms with Crippen LogP contribution in [0, 0.1) is 0 Å². The van der Waals surface area contributed by atoms with Crippen LogP contribution in [0.2, 0.25) is 0 Å². The van der Waals surface area contributed by atoms with E-state index >= 15 is 0 Å². The van der Waals surface area contributed by atoms with Crippen LogP contribution in [0.25, 0.3) is 10.9 Å². The molecule has 0 radical (unpaired) electrons. The highest BCUT2D eigenvalue weighted by atomic mass is 16.2. The van der Waals surface area contributed by atoms with Gasteiger partial charge < -0.3 is 5.73 Å². The van der Waals surface area contributed by atoms with E-state index in [1.165, 1.54) is 4.90 Å². The first kappa shape index (κ1) is 11.5. The summed E-state index contributed by atoms with van der Waals surface area (Å²) in [5.41, 5.74) is 7.81. The second kappa shape index (κ2) is 4.24. The van der Waals surface area contributed by atoms with E-state index < -0.39 is 6.03 Å². The predicted octanol–water partition coefficient (Wildman–Crippen LogP) is 1.26. The fourth-order valence-electron chi connectivity index (χ4n) is 2.21. The van der Waals surface area contributed by atoms with Crippen LogP contribution < -0.4 is 16.0 Å². The summed E-state index contributed by atoms with van der Waals surface area (Å²) in [5, 5.41) is 3.10. The van der Waals surface area contributed by atoms with E-state index in [4.69, 9.17) is 5.73 Å². The molecule has 19 heavy (non-hydrogen) atoms. The number of carbonyl (C=O) groups is 2. The lowest BCUT2D eigenvalue weighted by Crippen LogP contribution is -2.49. The van der Waals surface area contributed by atoms with Crippen molar-refractivity contribution < 1.29 is 9.59 Å². The summed E-state index contributed by atoms with van der Waals surface area (Å²) >= 11 is 0. The highest BCUT2D eigenvalue weighted by Gasteiger charge is 2.25. The molecule has 0 saturated carbocycles. The van der Waals surface area contributed by atoms with Crippen LogP contribution in [0.1, 0.15) is 6.42 Å². The van der Waals surface area contributed by atoms with Crippen molar-refractivity contribution in [3.63, 3.8) is 0 Å². The highest BCUT2D eigenvalue weighted by molar-refractivity contribution is 6.10. The number of nitrogens with zero attached hydrogens (tertiary/aromatic N) is 2. The van der Waals surface area contributed by atoms with E-state index in [0.717, 1.165) is 5.39 Å². The lowest BCUT2D eigenvalue weighted by atomic mass is 10.1. The van der Waals surface area contributed by atoms with Gasteiger partial charge in [-0.3, -0.25) is 20.0 Å². The van der Waals surface area contributed by atoms with Crippen molar-refractivity contribution in [3.8, 4) is 0 Å². The van der Waals surface area contributed by atoms with Crippen molar-refractivity contribution in [2.75, 3.05) is 17.2 Å². The van der Waals surface area contributed by atoms with Crippen LogP contribution >= 0.6 is 0 Å². The SMILES string of the molecule is Nc1ccc(N2CCC(=O)NC2=O)c2cccnc12. The molecule has 1 aromatic heterocycles. The lowest BCUT2D eigenvalue weighted by Gasteiger charge is -2.27. The molecule has 6 heteroatoms. The number of hydrogen-bond acceptors (Lipinski definition) is 4. The quantitative estimate of drug-likeness (QED) is 0.752. The average Bonchev–Trinajstić information content (AvgIpc) is 2.41. The number of amides is 3. The zero-order valence-corrected chi connectivity index (χ0v) is 10.1. The number of nitrogens with two attached hydrogens (primary N) is 1. The van der Waals surface area contributed by atoms with E-state index in [9.17, 15) is 9.59 Å². The van der Waals surface area contributed by atoms with Crippen molar-refractivity contribution in [3.05, 3.63) is 30.5 Å². The van der Waals surface area contributed by atoms with Crippen LogP contribution in [0.5, 0.6) is 0 Å². The molecular weight excluding hydrogens is 244 g/mol. The van der Waals surface area contributed by atoms with Gasteiger partial charge >= 0.3 is 6.03 Å². The fraction of sp³-hybridized carbons (Fsp3) is 0.154. The van der Waals surface area contributed by atoms with Crippen molar-refractivity contribution in [2.45, 2.75) is 6.42 Å². The Hall–Kier alpha value is -2.63. The van der Waals surface area contributed by atoms with Crippen LogP contribution in [-0.2, 0) is 4.79 Å².